The normalized spacial score (nSPS) is 10.8. The number of pyridine rings is 1. The lowest BCUT2D eigenvalue weighted by molar-refractivity contribution is 0.0952. The van der Waals surface area contributed by atoms with Gasteiger partial charge in [0.15, 0.2) is 0 Å². The van der Waals surface area contributed by atoms with Gasteiger partial charge in [0, 0.05) is 23.9 Å². The first kappa shape index (κ1) is 18.2. The van der Waals surface area contributed by atoms with Gasteiger partial charge in [-0.25, -0.2) is 4.98 Å². The first-order chi connectivity index (χ1) is 11.0. The van der Waals surface area contributed by atoms with Crippen LogP contribution in [0.4, 0.5) is 0 Å². The average molecular weight is 344 g/mol. The highest BCUT2D eigenvalue weighted by atomic mass is 35.5. The van der Waals surface area contributed by atoms with E-state index in [2.05, 4.69) is 24.4 Å². The highest BCUT2D eigenvalue weighted by molar-refractivity contribution is 6.07. The van der Waals surface area contributed by atoms with E-state index in [1.54, 1.807) is 0 Å². The van der Waals surface area contributed by atoms with Gasteiger partial charge in [-0.1, -0.05) is 23.8 Å². The Morgan fingerprint density at radius 2 is 1.92 bits per heavy atom. The molecule has 5 heteroatoms. The molecule has 0 aliphatic heterocycles. The Kier molecular flexibility index (Phi) is 5.75. The van der Waals surface area contributed by atoms with Crippen LogP contribution in [-0.4, -0.2) is 43.0 Å². The minimum atomic E-state index is -0.0728. The summed E-state index contributed by atoms with van der Waals surface area (Å²) < 4.78 is 0. The third-order valence-electron chi connectivity index (χ3n) is 3.88. The monoisotopic (exact) mass is 343 g/mol. The number of nitrogens with one attached hydrogen (secondary N) is 1. The Labute approximate surface area is 148 Å². The molecule has 0 unspecified atom stereocenters. The highest BCUT2D eigenvalue weighted by Gasteiger charge is 2.11. The fraction of sp³-hybridized carbons (Fsp3) is 0.263. The van der Waals surface area contributed by atoms with Crippen LogP contribution in [0.1, 0.15) is 15.9 Å². The summed E-state index contributed by atoms with van der Waals surface area (Å²) in [5.74, 6) is -0.0728. The molecule has 3 aromatic rings. The number of aryl methyl sites for hydroxylation is 1. The molecule has 3 rings (SSSR count). The van der Waals surface area contributed by atoms with Crippen LogP contribution in [0.5, 0.6) is 0 Å². The van der Waals surface area contributed by atoms with E-state index in [0.717, 1.165) is 28.4 Å². The number of carbonyl (C=O) groups excluding carboxylic acids is 1. The second kappa shape index (κ2) is 7.60. The third kappa shape index (κ3) is 3.83. The molecule has 0 saturated carbocycles. The maximum atomic E-state index is 12.5. The molecular weight excluding hydrogens is 322 g/mol. The van der Waals surface area contributed by atoms with Crippen molar-refractivity contribution in [3.8, 4) is 0 Å². The number of hydrogen-bond donors (Lipinski definition) is 1. The Bertz CT molecular complexity index is 877. The molecule has 0 aliphatic rings. The lowest BCUT2D eigenvalue weighted by Gasteiger charge is -2.11. The summed E-state index contributed by atoms with van der Waals surface area (Å²) in [6, 6.07) is 14.0. The molecule has 0 bridgehead atoms. The minimum Gasteiger partial charge on any atom is -0.351 e. The van der Waals surface area contributed by atoms with Crippen LogP contribution in [-0.2, 0) is 0 Å². The summed E-state index contributed by atoms with van der Waals surface area (Å²) in [6.07, 6.45) is 0. The van der Waals surface area contributed by atoms with Gasteiger partial charge >= 0.3 is 0 Å². The van der Waals surface area contributed by atoms with Crippen LogP contribution < -0.4 is 5.32 Å². The van der Waals surface area contributed by atoms with E-state index in [-0.39, 0.29) is 18.3 Å². The van der Waals surface area contributed by atoms with Crippen molar-refractivity contribution in [3.05, 3.63) is 53.6 Å². The molecule has 2 aromatic carbocycles. The lowest BCUT2D eigenvalue weighted by Crippen LogP contribution is -2.31. The average Bonchev–Trinajstić information content (AvgIpc) is 2.51. The minimum absolute atomic E-state index is 0. The Hall–Kier alpha value is -2.17. The summed E-state index contributed by atoms with van der Waals surface area (Å²) in [7, 11) is 3.97. The number of likely N-dealkylation sites (N-methyl/N-ethyl adjacent to an activating group) is 1. The van der Waals surface area contributed by atoms with Crippen molar-refractivity contribution >= 4 is 40.1 Å². The van der Waals surface area contributed by atoms with E-state index < -0.39 is 0 Å². The smallest absolute Gasteiger partial charge is 0.253 e. The van der Waals surface area contributed by atoms with Crippen molar-refractivity contribution in [1.82, 2.24) is 15.2 Å². The molecule has 1 heterocycles. The van der Waals surface area contributed by atoms with Crippen molar-refractivity contribution in [2.45, 2.75) is 6.92 Å². The van der Waals surface area contributed by atoms with Crippen LogP contribution in [0.25, 0.3) is 21.8 Å². The molecule has 4 nitrogen and oxygen atoms in total. The van der Waals surface area contributed by atoms with Crippen LogP contribution in [0.3, 0.4) is 0 Å². The predicted octanol–water partition coefficient (Wildman–Crippen LogP) is 3.41. The Balaban J connectivity index is 0.00000208. The summed E-state index contributed by atoms with van der Waals surface area (Å²) in [4.78, 5) is 19.2. The lowest BCUT2D eigenvalue weighted by atomic mass is 10.1. The van der Waals surface area contributed by atoms with Gasteiger partial charge in [0.25, 0.3) is 5.91 Å². The number of benzene rings is 2. The number of fused-ring (bicyclic) bond motifs is 2. The summed E-state index contributed by atoms with van der Waals surface area (Å²) in [5, 5.41) is 5.05. The summed E-state index contributed by atoms with van der Waals surface area (Å²) >= 11 is 0. The van der Waals surface area contributed by atoms with Crippen molar-refractivity contribution in [3.63, 3.8) is 0 Å². The van der Waals surface area contributed by atoms with E-state index in [1.807, 2.05) is 49.3 Å². The zero-order valence-corrected chi connectivity index (χ0v) is 15.0. The molecule has 0 atom stereocenters. The second-order valence-electron chi connectivity index (χ2n) is 6.12. The van der Waals surface area contributed by atoms with Crippen LogP contribution in [0, 0.1) is 6.92 Å². The van der Waals surface area contributed by atoms with Gasteiger partial charge in [-0.05, 0) is 45.3 Å². The van der Waals surface area contributed by atoms with Gasteiger partial charge < -0.3 is 10.2 Å². The fourth-order valence-corrected chi connectivity index (χ4v) is 2.65. The van der Waals surface area contributed by atoms with Gasteiger partial charge in [0.2, 0.25) is 0 Å². The van der Waals surface area contributed by atoms with Crippen LogP contribution in [0.15, 0.2) is 42.5 Å². The molecule has 0 fully saturated rings. The van der Waals surface area contributed by atoms with Gasteiger partial charge in [0.05, 0.1) is 16.6 Å². The maximum absolute atomic E-state index is 12.5. The van der Waals surface area contributed by atoms with Crippen LogP contribution in [0.2, 0.25) is 0 Å². The second-order valence-corrected chi connectivity index (χ2v) is 6.12. The SMILES string of the molecule is Cc1ccc2nc3c(C(=O)NCCN(C)C)cccc3cc2c1.Cl. The number of nitrogens with zero attached hydrogens (tertiary/aromatic N) is 2. The molecule has 0 spiro atoms. The van der Waals surface area contributed by atoms with E-state index in [0.29, 0.717) is 12.1 Å². The first-order valence-electron chi connectivity index (χ1n) is 7.77. The molecule has 1 aromatic heterocycles. The van der Waals surface area contributed by atoms with Crippen molar-refractivity contribution in [1.29, 1.82) is 0 Å². The number of aromatic nitrogens is 1. The van der Waals surface area contributed by atoms with Gasteiger partial charge in [-0.3, -0.25) is 4.79 Å². The van der Waals surface area contributed by atoms with Crippen LogP contribution >= 0.6 is 12.4 Å². The Morgan fingerprint density at radius 3 is 2.67 bits per heavy atom. The number of amides is 1. The largest absolute Gasteiger partial charge is 0.351 e. The van der Waals surface area contributed by atoms with Crippen molar-refractivity contribution in [2.24, 2.45) is 0 Å². The quantitative estimate of drug-likeness (QED) is 0.738. The number of hydrogen-bond acceptors (Lipinski definition) is 3. The molecule has 0 radical (unpaired) electrons. The third-order valence-corrected chi connectivity index (χ3v) is 3.88. The number of rotatable bonds is 4. The molecule has 0 saturated heterocycles. The molecular formula is C19H22ClN3O. The van der Waals surface area contributed by atoms with Gasteiger partial charge in [-0.15, -0.1) is 12.4 Å². The molecule has 1 N–H and O–H groups in total. The first-order valence-corrected chi connectivity index (χ1v) is 7.77. The zero-order chi connectivity index (χ0) is 16.4. The fourth-order valence-electron chi connectivity index (χ4n) is 2.65. The maximum Gasteiger partial charge on any atom is 0.253 e. The molecule has 1 amide bonds. The van der Waals surface area contributed by atoms with Gasteiger partial charge in [0.1, 0.15) is 0 Å². The number of halogens is 1. The standard InChI is InChI=1S/C19H21N3O.ClH/c1-13-7-8-17-15(11-13)12-14-5-4-6-16(18(14)21-17)19(23)20-9-10-22(2)3;/h4-8,11-12H,9-10H2,1-3H3,(H,20,23);1H. The molecule has 0 aliphatic carbocycles. The molecule has 24 heavy (non-hydrogen) atoms. The van der Waals surface area contributed by atoms with E-state index in [9.17, 15) is 4.79 Å². The topological polar surface area (TPSA) is 45.2 Å². The predicted molar refractivity (Wildman–Crippen MR) is 102 cm³/mol. The summed E-state index contributed by atoms with van der Waals surface area (Å²) in [6.45, 7) is 3.50. The van der Waals surface area contributed by atoms with E-state index in [4.69, 9.17) is 4.98 Å². The van der Waals surface area contributed by atoms with E-state index in [1.165, 1.54) is 5.56 Å². The molecule has 126 valence electrons. The number of para-hydroxylation sites is 1. The van der Waals surface area contributed by atoms with Crippen molar-refractivity contribution < 1.29 is 4.79 Å². The highest BCUT2D eigenvalue weighted by Crippen LogP contribution is 2.23. The zero-order valence-electron chi connectivity index (χ0n) is 14.2. The van der Waals surface area contributed by atoms with Gasteiger partial charge in [-0.2, -0.15) is 0 Å². The number of carbonyl (C=O) groups is 1. The Morgan fingerprint density at radius 1 is 1.12 bits per heavy atom. The van der Waals surface area contributed by atoms with Crippen molar-refractivity contribution in [2.75, 3.05) is 27.2 Å². The summed E-state index contributed by atoms with van der Waals surface area (Å²) in [5.41, 5.74) is 3.50. The van der Waals surface area contributed by atoms with E-state index >= 15 is 0 Å².